The van der Waals surface area contributed by atoms with Crippen LogP contribution in [0.1, 0.15) is 363 Å². The van der Waals surface area contributed by atoms with Gasteiger partial charge in [0.05, 0.1) is 26.4 Å². The number of aliphatic hydroxyl groups is 1. The lowest BCUT2D eigenvalue weighted by molar-refractivity contribution is -0.161. The van der Waals surface area contributed by atoms with Gasteiger partial charge in [-0.1, -0.05) is 310 Å². The lowest BCUT2D eigenvalue weighted by Gasteiger charge is -2.21. The molecular formula is C75H142O17P2. The second-order valence-corrected chi connectivity index (χ2v) is 29.7. The molecule has 0 fully saturated rings. The fraction of sp³-hybridized carbons (Fsp3) is 0.893. The smallest absolute Gasteiger partial charge is 0.462 e. The van der Waals surface area contributed by atoms with Crippen LogP contribution in [-0.4, -0.2) is 96.7 Å². The molecule has 3 N–H and O–H groups in total. The minimum atomic E-state index is -4.96. The minimum absolute atomic E-state index is 0.0853. The number of aliphatic hydroxyl groups excluding tert-OH is 1. The number of carbonyl (C=O) groups is 4. The van der Waals surface area contributed by atoms with Gasteiger partial charge in [-0.3, -0.25) is 37.3 Å². The van der Waals surface area contributed by atoms with Gasteiger partial charge in [0.2, 0.25) is 0 Å². The van der Waals surface area contributed by atoms with Crippen molar-refractivity contribution in [2.24, 2.45) is 11.8 Å². The van der Waals surface area contributed by atoms with Gasteiger partial charge in [0, 0.05) is 25.7 Å². The first-order chi connectivity index (χ1) is 45.4. The summed E-state index contributed by atoms with van der Waals surface area (Å²) in [5, 5.41) is 10.6. The molecule has 0 aromatic rings. The van der Waals surface area contributed by atoms with Crippen LogP contribution in [0.3, 0.4) is 0 Å². The third kappa shape index (κ3) is 65.5. The Morgan fingerprint density at radius 2 is 0.596 bits per heavy atom. The van der Waals surface area contributed by atoms with E-state index in [-0.39, 0.29) is 25.7 Å². The van der Waals surface area contributed by atoms with Crippen LogP contribution in [0.2, 0.25) is 0 Å². The van der Waals surface area contributed by atoms with Crippen molar-refractivity contribution in [2.45, 2.75) is 381 Å². The first kappa shape index (κ1) is 91.5. The Kier molecular flexibility index (Phi) is 64.7. The van der Waals surface area contributed by atoms with Gasteiger partial charge in [-0.15, -0.1) is 0 Å². The highest BCUT2D eigenvalue weighted by atomic mass is 31.2. The highest BCUT2D eigenvalue weighted by Crippen LogP contribution is 2.45. The van der Waals surface area contributed by atoms with Crippen molar-refractivity contribution in [3.8, 4) is 0 Å². The zero-order valence-corrected chi connectivity index (χ0v) is 62.5. The summed E-state index contributed by atoms with van der Waals surface area (Å²) in [7, 11) is -9.92. The topological polar surface area (TPSA) is 237 Å². The fourth-order valence-electron chi connectivity index (χ4n) is 10.9. The van der Waals surface area contributed by atoms with Crippen LogP contribution in [0.25, 0.3) is 0 Å². The van der Waals surface area contributed by atoms with E-state index in [0.29, 0.717) is 25.7 Å². The van der Waals surface area contributed by atoms with E-state index in [4.69, 9.17) is 37.0 Å². The Morgan fingerprint density at radius 1 is 0.340 bits per heavy atom. The maximum Gasteiger partial charge on any atom is 0.472 e. The van der Waals surface area contributed by atoms with Crippen molar-refractivity contribution in [1.82, 2.24) is 0 Å². The van der Waals surface area contributed by atoms with E-state index < -0.39 is 97.5 Å². The molecule has 0 aliphatic rings. The second-order valence-electron chi connectivity index (χ2n) is 26.8. The monoisotopic (exact) mass is 1380 g/mol. The normalized spacial score (nSPS) is 14.8. The van der Waals surface area contributed by atoms with Gasteiger partial charge in [0.15, 0.2) is 12.2 Å². The highest BCUT2D eigenvalue weighted by Gasteiger charge is 2.30. The molecule has 0 aromatic carbocycles. The highest BCUT2D eigenvalue weighted by molar-refractivity contribution is 7.47. The fourth-order valence-corrected chi connectivity index (χ4v) is 12.5. The Balaban J connectivity index is 5.31. The molecule has 0 rings (SSSR count). The van der Waals surface area contributed by atoms with Crippen molar-refractivity contribution in [3.05, 3.63) is 24.3 Å². The second kappa shape index (κ2) is 66.4. The van der Waals surface area contributed by atoms with Crippen molar-refractivity contribution in [1.29, 1.82) is 0 Å². The molecule has 94 heavy (non-hydrogen) atoms. The number of esters is 4. The molecule has 0 heterocycles. The number of hydrogen-bond donors (Lipinski definition) is 3. The summed E-state index contributed by atoms with van der Waals surface area (Å²) in [6.07, 6.45) is 56.1. The van der Waals surface area contributed by atoms with E-state index in [2.05, 4.69) is 65.8 Å². The average molecular weight is 1380 g/mol. The SMILES string of the molecule is CCCCCC/C=C\C=C/CCCCCCCC(=O)O[C@H](COC(=O)CCCCCCCCCCCCCCCCC)COP(=O)(O)OC[C@@H](O)COP(=O)(O)OC[C@@H](COC(=O)CCCCCCCCCCC(C)CC)OC(=O)CCCCCCCCCCC(C)CC. The molecule has 0 radical (unpaired) electrons. The van der Waals surface area contributed by atoms with Gasteiger partial charge in [-0.2, -0.15) is 0 Å². The lowest BCUT2D eigenvalue weighted by atomic mass is 9.99. The number of allylic oxidation sites excluding steroid dienone is 4. The number of phosphoric acid groups is 2. The van der Waals surface area contributed by atoms with Crippen LogP contribution in [0, 0.1) is 11.8 Å². The van der Waals surface area contributed by atoms with Gasteiger partial charge >= 0.3 is 39.5 Å². The molecule has 17 nitrogen and oxygen atoms in total. The molecule has 0 amide bonds. The standard InChI is InChI=1S/C75H142O17P2/c1-7-11-13-15-17-19-21-23-25-27-29-31-39-45-51-57-72(77)85-63-70(91-74(79)59-53-47-41-32-30-28-26-24-22-20-18-16-14-12-8-2)65-89-93(81,82)87-61-69(76)62-88-94(83,84)90-66-71(92-75(80)60-54-48-42-36-34-38-44-50-56-68(6)10-4)64-86-73(78)58-52-46-40-35-33-37-43-49-55-67(5)9-3/h20,22,24,26,67-71,76H,7-19,21,23,25,27-66H2,1-6H3,(H,81,82)(H,83,84)/b22-20-,26-24-/t67?,68?,69-,70-,71-/m1/s1. The third-order valence-corrected chi connectivity index (χ3v) is 19.5. The van der Waals surface area contributed by atoms with Crippen LogP contribution >= 0.6 is 15.6 Å². The number of carbonyl (C=O) groups excluding carboxylic acids is 4. The largest absolute Gasteiger partial charge is 0.472 e. The quantitative estimate of drug-likeness (QED) is 0.0169. The summed E-state index contributed by atoms with van der Waals surface area (Å²) in [6.45, 7) is 9.52. The van der Waals surface area contributed by atoms with Crippen molar-refractivity contribution in [2.75, 3.05) is 39.6 Å². The predicted octanol–water partition coefficient (Wildman–Crippen LogP) is 21.5. The molecule has 0 spiro atoms. The zero-order chi connectivity index (χ0) is 69.3. The first-order valence-electron chi connectivity index (χ1n) is 38.4. The molecule has 0 saturated heterocycles. The number of phosphoric ester groups is 2. The summed E-state index contributed by atoms with van der Waals surface area (Å²) in [5.74, 6) is -0.605. The van der Waals surface area contributed by atoms with E-state index in [0.717, 1.165) is 115 Å². The van der Waals surface area contributed by atoms with Crippen LogP contribution in [0.4, 0.5) is 0 Å². The van der Waals surface area contributed by atoms with Gasteiger partial charge in [-0.25, -0.2) is 9.13 Å². The summed E-state index contributed by atoms with van der Waals surface area (Å²) in [5.41, 5.74) is 0. The van der Waals surface area contributed by atoms with Crippen molar-refractivity contribution < 1.29 is 80.2 Å². The molecule has 0 aliphatic heterocycles. The van der Waals surface area contributed by atoms with Gasteiger partial charge < -0.3 is 33.8 Å². The van der Waals surface area contributed by atoms with E-state index in [1.54, 1.807) is 0 Å². The number of unbranched alkanes of at least 4 members (excludes halogenated alkanes) is 37. The van der Waals surface area contributed by atoms with Crippen molar-refractivity contribution >= 4 is 39.5 Å². The van der Waals surface area contributed by atoms with Crippen LogP contribution < -0.4 is 0 Å². The Morgan fingerprint density at radius 3 is 0.904 bits per heavy atom. The van der Waals surface area contributed by atoms with Gasteiger partial charge in [0.25, 0.3) is 0 Å². The molecule has 0 bridgehead atoms. The molecule has 7 atom stereocenters. The number of hydrogen-bond acceptors (Lipinski definition) is 15. The first-order valence-corrected chi connectivity index (χ1v) is 41.4. The van der Waals surface area contributed by atoms with Gasteiger partial charge in [0.1, 0.15) is 19.3 Å². The van der Waals surface area contributed by atoms with Crippen LogP contribution in [0.15, 0.2) is 24.3 Å². The Labute approximate surface area is 573 Å². The molecule has 0 aliphatic carbocycles. The Hall–Kier alpha value is -2.46. The predicted molar refractivity (Wildman–Crippen MR) is 381 cm³/mol. The summed E-state index contributed by atoms with van der Waals surface area (Å²) < 4.78 is 68.5. The summed E-state index contributed by atoms with van der Waals surface area (Å²) in [6, 6.07) is 0. The van der Waals surface area contributed by atoms with Crippen LogP contribution in [-0.2, 0) is 65.4 Å². The van der Waals surface area contributed by atoms with E-state index in [9.17, 15) is 43.2 Å². The zero-order valence-electron chi connectivity index (χ0n) is 60.7. The average Bonchev–Trinajstić information content (AvgIpc) is 3.31. The maximum absolute atomic E-state index is 13.1. The molecule has 554 valence electrons. The maximum atomic E-state index is 13.1. The third-order valence-electron chi connectivity index (χ3n) is 17.6. The van der Waals surface area contributed by atoms with E-state index in [1.807, 2.05) is 0 Å². The number of rotatable bonds is 72. The van der Waals surface area contributed by atoms with E-state index >= 15 is 0 Å². The molecule has 0 aromatic heterocycles. The van der Waals surface area contributed by atoms with Crippen LogP contribution in [0.5, 0.6) is 0 Å². The molecule has 4 unspecified atom stereocenters. The van der Waals surface area contributed by atoms with Gasteiger partial charge in [-0.05, 0) is 63.2 Å². The van der Waals surface area contributed by atoms with Crippen molar-refractivity contribution in [3.63, 3.8) is 0 Å². The molecular weight excluding hydrogens is 1230 g/mol. The minimum Gasteiger partial charge on any atom is -0.462 e. The molecule has 0 saturated carbocycles. The lowest BCUT2D eigenvalue weighted by Crippen LogP contribution is -2.30. The number of ether oxygens (including phenoxy) is 4. The summed E-state index contributed by atoms with van der Waals surface area (Å²) >= 11 is 0. The summed E-state index contributed by atoms with van der Waals surface area (Å²) in [4.78, 5) is 72.8. The van der Waals surface area contributed by atoms with E-state index in [1.165, 1.54) is 167 Å². The Bertz CT molecular complexity index is 1920. The molecule has 19 heteroatoms.